The summed E-state index contributed by atoms with van der Waals surface area (Å²) in [6.45, 7) is 0.964. The Labute approximate surface area is 113 Å². The van der Waals surface area contributed by atoms with Crippen molar-refractivity contribution in [1.29, 1.82) is 0 Å². The molecule has 0 saturated carbocycles. The van der Waals surface area contributed by atoms with Gasteiger partial charge in [-0.25, -0.2) is 0 Å². The molecule has 1 atom stereocenters. The van der Waals surface area contributed by atoms with Gasteiger partial charge in [0.1, 0.15) is 0 Å². The van der Waals surface area contributed by atoms with E-state index < -0.39 is 0 Å². The molecule has 0 saturated heterocycles. The van der Waals surface area contributed by atoms with Gasteiger partial charge in [-0.3, -0.25) is 0 Å². The number of nitrogens with one attached hydrogen (secondary N) is 1. The average Bonchev–Trinajstić information content (AvgIpc) is 2.41. The van der Waals surface area contributed by atoms with Crippen LogP contribution in [0.3, 0.4) is 0 Å². The third-order valence-electron chi connectivity index (χ3n) is 3.59. The van der Waals surface area contributed by atoms with Crippen molar-refractivity contribution in [3.8, 4) is 0 Å². The Morgan fingerprint density at radius 2 is 1.72 bits per heavy atom. The molecule has 0 aromatic heterocycles. The first kappa shape index (κ1) is 11.8. The lowest BCUT2D eigenvalue weighted by molar-refractivity contribution is 0.477. The van der Waals surface area contributed by atoms with Crippen molar-refractivity contribution < 1.29 is 0 Å². The van der Waals surface area contributed by atoms with E-state index in [4.69, 9.17) is 11.6 Å². The Kier molecular flexibility index (Phi) is 3.35. The van der Waals surface area contributed by atoms with E-state index in [-0.39, 0.29) is 0 Å². The topological polar surface area (TPSA) is 12.0 Å². The Morgan fingerprint density at radius 3 is 2.56 bits per heavy atom. The summed E-state index contributed by atoms with van der Waals surface area (Å²) in [5.41, 5.74) is 4.12. The largest absolute Gasteiger partial charge is 0.309 e. The minimum absolute atomic E-state index is 0.486. The lowest BCUT2D eigenvalue weighted by Gasteiger charge is -2.26. The van der Waals surface area contributed by atoms with Gasteiger partial charge in [-0.15, -0.1) is 0 Å². The van der Waals surface area contributed by atoms with Crippen LogP contribution in [-0.4, -0.2) is 6.04 Å². The first-order chi connectivity index (χ1) is 8.83. The van der Waals surface area contributed by atoms with Crippen molar-refractivity contribution in [3.63, 3.8) is 0 Å². The van der Waals surface area contributed by atoms with Crippen molar-refractivity contribution in [2.45, 2.75) is 25.4 Å². The zero-order valence-corrected chi connectivity index (χ0v) is 11.0. The first-order valence-corrected chi connectivity index (χ1v) is 6.74. The van der Waals surface area contributed by atoms with Gasteiger partial charge < -0.3 is 5.32 Å². The molecule has 92 valence electrons. The van der Waals surface area contributed by atoms with E-state index in [9.17, 15) is 0 Å². The van der Waals surface area contributed by atoms with E-state index in [0.717, 1.165) is 24.4 Å². The molecule has 0 fully saturated rings. The third kappa shape index (κ3) is 2.43. The van der Waals surface area contributed by atoms with E-state index in [2.05, 4.69) is 41.7 Å². The number of halogens is 1. The fraction of sp³-hybridized carbons (Fsp3) is 0.250. The van der Waals surface area contributed by atoms with Gasteiger partial charge in [-0.1, -0.05) is 54.1 Å². The van der Waals surface area contributed by atoms with Gasteiger partial charge >= 0.3 is 0 Å². The molecule has 1 N–H and O–H groups in total. The highest BCUT2D eigenvalue weighted by molar-refractivity contribution is 6.31. The molecule has 2 aromatic carbocycles. The Morgan fingerprint density at radius 1 is 1.00 bits per heavy atom. The molecule has 1 aliphatic heterocycles. The standard InChI is InChI=1S/C16H16ClN/c17-16-8-4-3-6-13(16)10-15-9-12-5-1-2-7-14(12)11-18-15/h1-8,15,18H,9-11H2. The van der Waals surface area contributed by atoms with Gasteiger partial charge in [-0.2, -0.15) is 0 Å². The molecule has 1 nitrogen and oxygen atoms in total. The van der Waals surface area contributed by atoms with Crippen LogP contribution in [-0.2, 0) is 19.4 Å². The summed E-state index contributed by atoms with van der Waals surface area (Å²) in [6.07, 6.45) is 2.08. The molecule has 1 aliphatic rings. The zero-order chi connectivity index (χ0) is 12.4. The third-order valence-corrected chi connectivity index (χ3v) is 3.96. The smallest absolute Gasteiger partial charge is 0.0438 e. The summed E-state index contributed by atoms with van der Waals surface area (Å²) in [5, 5.41) is 4.47. The van der Waals surface area contributed by atoms with Crippen LogP contribution in [0.1, 0.15) is 16.7 Å². The molecule has 3 rings (SSSR count). The van der Waals surface area contributed by atoms with Crippen molar-refractivity contribution >= 4 is 11.6 Å². The molecule has 0 radical (unpaired) electrons. The Bertz CT molecular complexity index is 550. The molecule has 0 spiro atoms. The molecular weight excluding hydrogens is 242 g/mol. The summed E-state index contributed by atoms with van der Waals surface area (Å²) in [6, 6.07) is 17.3. The maximum atomic E-state index is 6.22. The van der Waals surface area contributed by atoms with E-state index in [0.29, 0.717) is 6.04 Å². The molecular formula is C16H16ClN. The average molecular weight is 258 g/mol. The second-order valence-corrected chi connectivity index (χ2v) is 5.25. The Hall–Kier alpha value is -1.31. The molecule has 2 aromatic rings. The summed E-state index contributed by atoms with van der Waals surface area (Å²) < 4.78 is 0. The fourth-order valence-electron chi connectivity index (χ4n) is 2.59. The second kappa shape index (κ2) is 5.13. The monoisotopic (exact) mass is 257 g/mol. The van der Waals surface area contributed by atoms with Crippen LogP contribution in [0.15, 0.2) is 48.5 Å². The number of rotatable bonds is 2. The lowest BCUT2D eigenvalue weighted by Crippen LogP contribution is -2.37. The molecule has 0 amide bonds. The van der Waals surface area contributed by atoms with E-state index in [1.807, 2.05) is 12.1 Å². The highest BCUT2D eigenvalue weighted by Crippen LogP contribution is 2.21. The first-order valence-electron chi connectivity index (χ1n) is 6.36. The van der Waals surface area contributed by atoms with Crippen molar-refractivity contribution in [3.05, 3.63) is 70.2 Å². The highest BCUT2D eigenvalue weighted by atomic mass is 35.5. The summed E-state index contributed by atoms with van der Waals surface area (Å²) in [7, 11) is 0. The van der Waals surface area contributed by atoms with Crippen LogP contribution in [0, 0.1) is 0 Å². The maximum Gasteiger partial charge on any atom is 0.0438 e. The maximum absolute atomic E-state index is 6.22. The minimum Gasteiger partial charge on any atom is -0.309 e. The number of fused-ring (bicyclic) bond motifs is 1. The van der Waals surface area contributed by atoms with Crippen LogP contribution in [0.2, 0.25) is 5.02 Å². The molecule has 1 unspecified atom stereocenters. The van der Waals surface area contributed by atoms with E-state index >= 15 is 0 Å². The molecule has 1 heterocycles. The van der Waals surface area contributed by atoms with Crippen LogP contribution < -0.4 is 5.32 Å². The SMILES string of the molecule is Clc1ccccc1CC1Cc2ccccc2CN1. The van der Waals surface area contributed by atoms with Crippen molar-refractivity contribution in [1.82, 2.24) is 5.32 Å². The summed E-state index contributed by atoms with van der Waals surface area (Å²) in [4.78, 5) is 0. The van der Waals surface area contributed by atoms with E-state index in [1.54, 1.807) is 0 Å². The normalized spacial score (nSPS) is 18.4. The van der Waals surface area contributed by atoms with Gasteiger partial charge in [0, 0.05) is 17.6 Å². The zero-order valence-electron chi connectivity index (χ0n) is 10.2. The van der Waals surface area contributed by atoms with Gasteiger partial charge in [0.15, 0.2) is 0 Å². The minimum atomic E-state index is 0.486. The van der Waals surface area contributed by atoms with Crippen LogP contribution in [0.5, 0.6) is 0 Å². The van der Waals surface area contributed by atoms with Crippen LogP contribution in [0.4, 0.5) is 0 Å². The number of hydrogen-bond acceptors (Lipinski definition) is 1. The van der Waals surface area contributed by atoms with Gasteiger partial charge in [0.2, 0.25) is 0 Å². The van der Waals surface area contributed by atoms with Gasteiger partial charge in [0.05, 0.1) is 0 Å². The predicted molar refractivity (Wildman–Crippen MR) is 75.9 cm³/mol. The fourth-order valence-corrected chi connectivity index (χ4v) is 2.81. The van der Waals surface area contributed by atoms with Gasteiger partial charge in [-0.05, 0) is 35.6 Å². The number of benzene rings is 2. The number of hydrogen-bond donors (Lipinski definition) is 1. The molecule has 0 aliphatic carbocycles. The van der Waals surface area contributed by atoms with Crippen LogP contribution >= 0.6 is 11.6 Å². The summed E-state index contributed by atoms with van der Waals surface area (Å²) in [5.74, 6) is 0. The second-order valence-electron chi connectivity index (χ2n) is 4.85. The van der Waals surface area contributed by atoms with Gasteiger partial charge in [0.25, 0.3) is 0 Å². The van der Waals surface area contributed by atoms with Crippen molar-refractivity contribution in [2.24, 2.45) is 0 Å². The highest BCUT2D eigenvalue weighted by Gasteiger charge is 2.18. The predicted octanol–water partition coefficient (Wildman–Crippen LogP) is 3.60. The van der Waals surface area contributed by atoms with Crippen molar-refractivity contribution in [2.75, 3.05) is 0 Å². The molecule has 2 heteroatoms. The molecule has 18 heavy (non-hydrogen) atoms. The lowest BCUT2D eigenvalue weighted by atomic mass is 9.92. The van der Waals surface area contributed by atoms with Crippen LogP contribution in [0.25, 0.3) is 0 Å². The Balaban J connectivity index is 1.75. The summed E-state index contributed by atoms with van der Waals surface area (Å²) >= 11 is 6.22. The van der Waals surface area contributed by atoms with E-state index in [1.165, 1.54) is 16.7 Å². The molecule has 0 bridgehead atoms. The quantitative estimate of drug-likeness (QED) is 0.867.